The number of hydrogen-bond donors (Lipinski definition) is 2. The Labute approximate surface area is 173 Å². The Bertz CT molecular complexity index is 1190. The molecule has 30 heavy (non-hydrogen) atoms. The first-order chi connectivity index (χ1) is 14.6. The minimum atomic E-state index is 0.343. The number of aromatic nitrogens is 3. The molecule has 0 amide bonds. The number of fused-ring (bicyclic) bond motifs is 1. The lowest BCUT2D eigenvalue weighted by Crippen LogP contribution is -2.07. The molecule has 1 fully saturated rings. The van der Waals surface area contributed by atoms with Crippen LogP contribution in [-0.4, -0.2) is 29.2 Å². The number of nitrogen functional groups attached to an aromatic ring is 1. The highest BCUT2D eigenvalue weighted by Crippen LogP contribution is 2.41. The quantitative estimate of drug-likeness (QED) is 0.473. The monoisotopic (exact) mass is 405 g/mol. The van der Waals surface area contributed by atoms with E-state index in [9.17, 15) is 0 Å². The van der Waals surface area contributed by atoms with Gasteiger partial charge in [0.2, 0.25) is 0 Å². The third-order valence-electron chi connectivity index (χ3n) is 5.37. The zero-order valence-corrected chi connectivity index (χ0v) is 16.9. The van der Waals surface area contributed by atoms with E-state index in [-0.39, 0.29) is 0 Å². The second kappa shape index (κ2) is 7.29. The molecular weight excluding hydrogens is 382 g/mol. The van der Waals surface area contributed by atoms with Crippen LogP contribution in [0.2, 0.25) is 0 Å². The second-order valence-corrected chi connectivity index (χ2v) is 7.48. The van der Waals surface area contributed by atoms with E-state index < -0.39 is 0 Å². The summed E-state index contributed by atoms with van der Waals surface area (Å²) in [4.78, 5) is 0. The molecule has 0 spiro atoms. The van der Waals surface area contributed by atoms with E-state index in [0.29, 0.717) is 29.6 Å². The number of ether oxygens (including phenoxy) is 2. The average molecular weight is 405 g/mol. The highest BCUT2D eigenvalue weighted by Gasteiger charge is 2.27. The highest BCUT2D eigenvalue weighted by atomic mass is 16.5. The smallest absolute Gasteiger partial charge is 0.174 e. The fraction of sp³-hybridized carbons (Fsp3) is 0.273. The number of anilines is 3. The Balaban J connectivity index is 1.49. The summed E-state index contributed by atoms with van der Waals surface area (Å²) in [6.07, 6.45) is 2.37. The molecule has 3 N–H and O–H groups in total. The van der Waals surface area contributed by atoms with Crippen LogP contribution in [-0.2, 0) is 6.54 Å². The van der Waals surface area contributed by atoms with Crippen molar-refractivity contribution in [3.05, 3.63) is 53.7 Å². The van der Waals surface area contributed by atoms with Gasteiger partial charge in [-0.3, -0.25) is 0 Å². The molecule has 2 heterocycles. The molecule has 2 aromatic carbocycles. The van der Waals surface area contributed by atoms with Crippen LogP contribution >= 0.6 is 0 Å². The van der Waals surface area contributed by atoms with Crippen molar-refractivity contribution in [2.45, 2.75) is 25.3 Å². The molecule has 1 aliphatic carbocycles. The standard InChI is InChI=1S/C22H23N5O3/c1-28-15-7-3-13(4-8-15)12-27-21(11-17(25-27)14-5-6-14)24-18-10-19-16(9-20(18)29-2)22(23)26-30-19/h3-4,7-11,14,24H,5-6,12H2,1-2H3,(H2,23,26). The van der Waals surface area contributed by atoms with E-state index in [4.69, 9.17) is 24.8 Å². The SMILES string of the molecule is COc1ccc(Cn2nc(C3CC3)cc2Nc2cc3onc(N)c3cc2OC)cc1. The Kier molecular flexibility index (Phi) is 4.46. The van der Waals surface area contributed by atoms with Crippen molar-refractivity contribution in [1.82, 2.24) is 14.9 Å². The van der Waals surface area contributed by atoms with Crippen molar-refractivity contribution in [2.75, 3.05) is 25.3 Å². The lowest BCUT2D eigenvalue weighted by Gasteiger charge is -2.13. The van der Waals surface area contributed by atoms with Crippen LogP contribution in [0.1, 0.15) is 30.0 Å². The summed E-state index contributed by atoms with van der Waals surface area (Å²) in [5.41, 5.74) is 9.47. The van der Waals surface area contributed by atoms with Crippen LogP contribution < -0.4 is 20.5 Å². The number of hydrogen-bond acceptors (Lipinski definition) is 7. The third-order valence-corrected chi connectivity index (χ3v) is 5.37. The van der Waals surface area contributed by atoms with Gasteiger partial charge in [-0.05, 0) is 36.6 Å². The van der Waals surface area contributed by atoms with Crippen molar-refractivity contribution in [1.29, 1.82) is 0 Å². The molecule has 5 rings (SSSR count). The predicted octanol–water partition coefficient (Wildman–Crippen LogP) is 4.29. The van der Waals surface area contributed by atoms with Gasteiger partial charge >= 0.3 is 0 Å². The zero-order valence-electron chi connectivity index (χ0n) is 16.9. The van der Waals surface area contributed by atoms with Gasteiger partial charge in [0.25, 0.3) is 0 Å². The van der Waals surface area contributed by atoms with Gasteiger partial charge in [-0.2, -0.15) is 5.10 Å². The fourth-order valence-corrected chi connectivity index (χ4v) is 3.53. The summed E-state index contributed by atoms with van der Waals surface area (Å²) >= 11 is 0. The number of rotatable bonds is 7. The first kappa shape index (κ1) is 18.4. The topological polar surface area (TPSA) is 100 Å². The van der Waals surface area contributed by atoms with E-state index >= 15 is 0 Å². The van der Waals surface area contributed by atoms with Gasteiger partial charge < -0.3 is 25.0 Å². The van der Waals surface area contributed by atoms with Crippen molar-refractivity contribution >= 4 is 28.3 Å². The molecule has 0 saturated heterocycles. The fourth-order valence-electron chi connectivity index (χ4n) is 3.53. The van der Waals surface area contributed by atoms with Gasteiger partial charge in [-0.1, -0.05) is 17.3 Å². The molecule has 154 valence electrons. The minimum absolute atomic E-state index is 0.343. The lowest BCUT2D eigenvalue weighted by atomic mass is 10.2. The van der Waals surface area contributed by atoms with Crippen LogP contribution in [0.3, 0.4) is 0 Å². The summed E-state index contributed by atoms with van der Waals surface area (Å²) in [7, 11) is 3.29. The van der Waals surface area contributed by atoms with E-state index in [1.165, 1.54) is 12.8 Å². The lowest BCUT2D eigenvalue weighted by molar-refractivity contribution is 0.414. The van der Waals surface area contributed by atoms with Gasteiger partial charge in [-0.15, -0.1) is 0 Å². The van der Waals surface area contributed by atoms with Crippen molar-refractivity contribution in [3.8, 4) is 11.5 Å². The summed E-state index contributed by atoms with van der Waals surface area (Å²) in [5.74, 6) is 3.26. The molecule has 0 radical (unpaired) electrons. The average Bonchev–Trinajstić information content (AvgIpc) is 3.46. The number of nitrogens with one attached hydrogen (secondary N) is 1. The van der Waals surface area contributed by atoms with Gasteiger partial charge in [0, 0.05) is 18.1 Å². The Morgan fingerprint density at radius 1 is 1.13 bits per heavy atom. The molecule has 0 aliphatic heterocycles. The van der Waals surface area contributed by atoms with Crippen molar-refractivity contribution < 1.29 is 14.0 Å². The number of benzene rings is 2. The summed E-state index contributed by atoms with van der Waals surface area (Å²) in [6, 6.07) is 13.8. The zero-order chi connectivity index (χ0) is 20.7. The van der Waals surface area contributed by atoms with E-state index in [2.05, 4.69) is 16.5 Å². The van der Waals surface area contributed by atoms with Gasteiger partial charge in [0.05, 0.1) is 37.5 Å². The molecule has 0 atom stereocenters. The van der Waals surface area contributed by atoms with E-state index in [1.54, 1.807) is 14.2 Å². The minimum Gasteiger partial charge on any atom is -0.497 e. The van der Waals surface area contributed by atoms with Gasteiger partial charge in [0.1, 0.15) is 17.3 Å². The molecular formula is C22H23N5O3. The number of nitrogens with two attached hydrogens (primary N) is 1. The molecule has 1 saturated carbocycles. The Morgan fingerprint density at radius 2 is 1.93 bits per heavy atom. The summed E-state index contributed by atoms with van der Waals surface area (Å²) in [6.45, 7) is 0.638. The summed E-state index contributed by atoms with van der Waals surface area (Å²) < 4.78 is 18.1. The normalized spacial score (nSPS) is 13.5. The van der Waals surface area contributed by atoms with E-state index in [0.717, 1.165) is 33.9 Å². The van der Waals surface area contributed by atoms with E-state index in [1.807, 2.05) is 41.1 Å². The van der Waals surface area contributed by atoms with Crippen molar-refractivity contribution in [2.24, 2.45) is 0 Å². The van der Waals surface area contributed by atoms with Crippen LogP contribution in [0.5, 0.6) is 11.5 Å². The van der Waals surface area contributed by atoms with Crippen molar-refractivity contribution in [3.63, 3.8) is 0 Å². The molecule has 8 heteroatoms. The maximum absolute atomic E-state index is 5.87. The van der Waals surface area contributed by atoms with Gasteiger partial charge in [0.15, 0.2) is 11.4 Å². The van der Waals surface area contributed by atoms with Crippen LogP contribution in [0, 0.1) is 0 Å². The van der Waals surface area contributed by atoms with Crippen LogP contribution in [0.4, 0.5) is 17.3 Å². The molecule has 0 bridgehead atoms. The van der Waals surface area contributed by atoms with Crippen LogP contribution in [0.25, 0.3) is 11.0 Å². The maximum atomic E-state index is 5.87. The third kappa shape index (κ3) is 3.41. The van der Waals surface area contributed by atoms with Crippen LogP contribution in [0.15, 0.2) is 47.0 Å². The first-order valence-electron chi connectivity index (χ1n) is 9.85. The predicted molar refractivity (Wildman–Crippen MR) is 115 cm³/mol. The Hall–Kier alpha value is -3.68. The second-order valence-electron chi connectivity index (χ2n) is 7.48. The first-order valence-corrected chi connectivity index (χ1v) is 9.85. The molecule has 4 aromatic rings. The number of nitrogens with zero attached hydrogens (tertiary/aromatic N) is 3. The molecule has 2 aromatic heterocycles. The van der Waals surface area contributed by atoms with Gasteiger partial charge in [-0.25, -0.2) is 4.68 Å². The number of methoxy groups -OCH3 is 2. The molecule has 0 unspecified atom stereocenters. The largest absolute Gasteiger partial charge is 0.497 e. The maximum Gasteiger partial charge on any atom is 0.174 e. The highest BCUT2D eigenvalue weighted by molar-refractivity contribution is 5.92. The summed E-state index contributed by atoms with van der Waals surface area (Å²) in [5, 5.41) is 12.9. The molecule has 1 aliphatic rings. The Morgan fingerprint density at radius 3 is 2.63 bits per heavy atom. The molecule has 8 nitrogen and oxygen atoms in total.